The molecule has 130 valence electrons. The smallest absolute Gasteiger partial charge is 0.0969 e. The van der Waals surface area contributed by atoms with Crippen LogP contribution in [0.1, 0.15) is 24.8 Å². The fourth-order valence-electron chi connectivity index (χ4n) is 3.63. The van der Waals surface area contributed by atoms with E-state index in [-0.39, 0.29) is 12.4 Å². The SMILES string of the molecule is Cl.Cn1cc(CNCC2CCN(C3CC3)C2)c(-c2ccncc2)n1. The van der Waals surface area contributed by atoms with Gasteiger partial charge in [0, 0.05) is 55.9 Å². The Morgan fingerprint density at radius 3 is 2.75 bits per heavy atom. The second-order valence-corrected chi connectivity index (χ2v) is 6.92. The Bertz CT molecular complexity index is 653. The van der Waals surface area contributed by atoms with Gasteiger partial charge in [-0.1, -0.05) is 0 Å². The second kappa shape index (κ2) is 7.64. The summed E-state index contributed by atoms with van der Waals surface area (Å²) in [4.78, 5) is 6.77. The summed E-state index contributed by atoms with van der Waals surface area (Å²) < 4.78 is 1.90. The number of rotatable bonds is 6. The molecule has 1 saturated heterocycles. The van der Waals surface area contributed by atoms with Crippen molar-refractivity contribution in [3.63, 3.8) is 0 Å². The van der Waals surface area contributed by atoms with Crippen molar-refractivity contribution in [3.8, 4) is 11.3 Å². The van der Waals surface area contributed by atoms with Crippen LogP contribution in [-0.2, 0) is 13.6 Å². The van der Waals surface area contributed by atoms with Crippen molar-refractivity contribution in [2.75, 3.05) is 19.6 Å². The second-order valence-electron chi connectivity index (χ2n) is 6.92. The van der Waals surface area contributed by atoms with Gasteiger partial charge in [0.15, 0.2) is 0 Å². The van der Waals surface area contributed by atoms with Gasteiger partial charge in [-0.15, -0.1) is 12.4 Å². The first kappa shape index (κ1) is 17.4. The Morgan fingerprint density at radius 2 is 2.00 bits per heavy atom. The molecular formula is C18H26ClN5. The van der Waals surface area contributed by atoms with Crippen LogP contribution in [0.2, 0.25) is 0 Å². The lowest BCUT2D eigenvalue weighted by Gasteiger charge is -2.15. The molecule has 6 heteroatoms. The number of aromatic nitrogens is 3. The van der Waals surface area contributed by atoms with Crippen molar-refractivity contribution in [2.24, 2.45) is 13.0 Å². The van der Waals surface area contributed by atoms with E-state index in [1.54, 1.807) is 0 Å². The van der Waals surface area contributed by atoms with E-state index in [2.05, 4.69) is 26.5 Å². The minimum Gasteiger partial charge on any atom is -0.312 e. The van der Waals surface area contributed by atoms with E-state index in [1.807, 2.05) is 36.3 Å². The van der Waals surface area contributed by atoms with E-state index in [1.165, 1.54) is 37.9 Å². The van der Waals surface area contributed by atoms with E-state index in [4.69, 9.17) is 0 Å². The molecule has 5 nitrogen and oxygen atoms in total. The summed E-state index contributed by atoms with van der Waals surface area (Å²) in [6.45, 7) is 4.56. The van der Waals surface area contributed by atoms with Crippen LogP contribution in [0.15, 0.2) is 30.7 Å². The van der Waals surface area contributed by atoms with E-state index in [0.29, 0.717) is 0 Å². The molecule has 2 aromatic heterocycles. The molecule has 0 radical (unpaired) electrons. The van der Waals surface area contributed by atoms with Gasteiger partial charge in [-0.25, -0.2) is 0 Å². The quantitative estimate of drug-likeness (QED) is 0.872. The molecule has 0 aromatic carbocycles. The molecule has 4 rings (SSSR count). The van der Waals surface area contributed by atoms with Gasteiger partial charge in [-0.3, -0.25) is 9.67 Å². The standard InChI is InChI=1S/C18H25N5.ClH/c1-22-13-16(18(21-22)15-4-7-19-8-5-15)11-20-10-14-6-9-23(12-14)17-2-3-17;/h4-5,7-8,13-14,17,20H,2-3,6,9-12H2,1H3;1H. The minimum absolute atomic E-state index is 0. The Balaban J connectivity index is 0.00000169. The molecule has 24 heavy (non-hydrogen) atoms. The molecule has 0 spiro atoms. The third-order valence-corrected chi connectivity index (χ3v) is 4.99. The van der Waals surface area contributed by atoms with E-state index >= 15 is 0 Å². The third-order valence-electron chi connectivity index (χ3n) is 4.99. The summed E-state index contributed by atoms with van der Waals surface area (Å²) in [6.07, 6.45) is 9.95. The molecule has 1 aliphatic carbocycles. The molecule has 2 fully saturated rings. The molecule has 1 N–H and O–H groups in total. The van der Waals surface area contributed by atoms with Gasteiger partial charge >= 0.3 is 0 Å². The Kier molecular flexibility index (Phi) is 5.54. The van der Waals surface area contributed by atoms with Crippen LogP contribution in [-0.4, -0.2) is 45.3 Å². The number of hydrogen-bond acceptors (Lipinski definition) is 4. The highest BCUT2D eigenvalue weighted by Gasteiger charge is 2.34. The number of likely N-dealkylation sites (tertiary alicyclic amines) is 1. The van der Waals surface area contributed by atoms with Crippen LogP contribution in [0.5, 0.6) is 0 Å². The monoisotopic (exact) mass is 347 g/mol. The molecular weight excluding hydrogens is 322 g/mol. The molecule has 1 saturated carbocycles. The Hall–Kier alpha value is -1.43. The van der Waals surface area contributed by atoms with Crippen LogP contribution >= 0.6 is 12.4 Å². The Labute approximate surface area is 149 Å². The maximum atomic E-state index is 4.62. The summed E-state index contributed by atoms with van der Waals surface area (Å²) in [5.41, 5.74) is 3.46. The summed E-state index contributed by atoms with van der Waals surface area (Å²) in [6, 6.07) is 4.96. The molecule has 0 bridgehead atoms. The highest BCUT2D eigenvalue weighted by molar-refractivity contribution is 5.85. The van der Waals surface area contributed by atoms with Crippen molar-refractivity contribution in [1.82, 2.24) is 25.0 Å². The number of nitrogens with one attached hydrogen (secondary N) is 1. The van der Waals surface area contributed by atoms with Gasteiger partial charge in [0.1, 0.15) is 0 Å². The normalized spacial score (nSPS) is 21.0. The summed E-state index contributed by atoms with van der Waals surface area (Å²) in [7, 11) is 1.98. The lowest BCUT2D eigenvalue weighted by atomic mass is 10.1. The fourth-order valence-corrected chi connectivity index (χ4v) is 3.63. The molecule has 1 unspecified atom stereocenters. The van der Waals surface area contributed by atoms with Gasteiger partial charge in [0.25, 0.3) is 0 Å². The predicted octanol–water partition coefficient (Wildman–Crippen LogP) is 2.48. The highest BCUT2D eigenvalue weighted by atomic mass is 35.5. The van der Waals surface area contributed by atoms with Gasteiger partial charge in [0.2, 0.25) is 0 Å². The topological polar surface area (TPSA) is 46.0 Å². The maximum absolute atomic E-state index is 4.62. The number of pyridine rings is 1. The molecule has 2 aromatic rings. The van der Waals surface area contributed by atoms with Crippen molar-refractivity contribution < 1.29 is 0 Å². The predicted molar refractivity (Wildman–Crippen MR) is 98.1 cm³/mol. The zero-order valence-electron chi connectivity index (χ0n) is 14.2. The Morgan fingerprint density at radius 1 is 1.21 bits per heavy atom. The van der Waals surface area contributed by atoms with Crippen LogP contribution in [0.3, 0.4) is 0 Å². The summed E-state index contributed by atoms with van der Waals surface area (Å²) in [5, 5.41) is 8.27. The van der Waals surface area contributed by atoms with E-state index < -0.39 is 0 Å². The van der Waals surface area contributed by atoms with E-state index in [0.717, 1.165) is 36.3 Å². The van der Waals surface area contributed by atoms with E-state index in [9.17, 15) is 0 Å². The first-order chi connectivity index (χ1) is 11.3. The number of halogens is 1. The summed E-state index contributed by atoms with van der Waals surface area (Å²) >= 11 is 0. The molecule has 3 heterocycles. The number of aryl methyl sites for hydroxylation is 1. The lowest BCUT2D eigenvalue weighted by molar-refractivity contribution is 0.312. The van der Waals surface area contributed by atoms with Gasteiger partial charge < -0.3 is 10.2 Å². The number of nitrogens with zero attached hydrogens (tertiary/aromatic N) is 4. The maximum Gasteiger partial charge on any atom is 0.0969 e. The lowest BCUT2D eigenvalue weighted by Crippen LogP contribution is -2.27. The van der Waals surface area contributed by atoms with Crippen LogP contribution < -0.4 is 5.32 Å². The first-order valence-corrected chi connectivity index (χ1v) is 8.67. The van der Waals surface area contributed by atoms with Crippen LogP contribution in [0, 0.1) is 5.92 Å². The van der Waals surface area contributed by atoms with Crippen LogP contribution in [0.25, 0.3) is 11.3 Å². The zero-order chi connectivity index (χ0) is 15.6. The molecule has 0 amide bonds. The number of hydrogen-bond donors (Lipinski definition) is 1. The van der Waals surface area contributed by atoms with Gasteiger partial charge in [-0.2, -0.15) is 5.10 Å². The van der Waals surface area contributed by atoms with Crippen molar-refractivity contribution >= 4 is 12.4 Å². The van der Waals surface area contributed by atoms with Crippen molar-refractivity contribution in [1.29, 1.82) is 0 Å². The molecule has 1 atom stereocenters. The summed E-state index contributed by atoms with van der Waals surface area (Å²) in [5.74, 6) is 0.802. The average Bonchev–Trinajstić information content (AvgIpc) is 3.20. The van der Waals surface area contributed by atoms with Crippen LogP contribution in [0.4, 0.5) is 0 Å². The fraction of sp³-hybridized carbons (Fsp3) is 0.556. The van der Waals surface area contributed by atoms with Gasteiger partial charge in [-0.05, 0) is 50.4 Å². The minimum atomic E-state index is 0. The largest absolute Gasteiger partial charge is 0.312 e. The third kappa shape index (κ3) is 3.97. The average molecular weight is 348 g/mol. The highest BCUT2D eigenvalue weighted by Crippen LogP contribution is 2.31. The molecule has 1 aliphatic heterocycles. The first-order valence-electron chi connectivity index (χ1n) is 8.67. The van der Waals surface area contributed by atoms with Gasteiger partial charge in [0.05, 0.1) is 5.69 Å². The molecule has 2 aliphatic rings. The zero-order valence-corrected chi connectivity index (χ0v) is 15.0. The van der Waals surface area contributed by atoms with Crippen molar-refractivity contribution in [2.45, 2.75) is 31.8 Å². The van der Waals surface area contributed by atoms with Crippen molar-refractivity contribution in [3.05, 3.63) is 36.3 Å².